The Hall–Kier alpha value is -1.77. The predicted molar refractivity (Wildman–Crippen MR) is 58.7 cm³/mol. The molecule has 2 rings (SSSR count). The van der Waals surface area contributed by atoms with E-state index in [0.29, 0.717) is 6.42 Å². The van der Waals surface area contributed by atoms with Crippen LogP contribution in [-0.4, -0.2) is 15.8 Å². The van der Waals surface area contributed by atoms with E-state index in [2.05, 4.69) is 9.97 Å². The number of hydrogen-bond acceptors (Lipinski definition) is 3. The van der Waals surface area contributed by atoms with Gasteiger partial charge in [0, 0.05) is 18.3 Å². The molecular formula is C12H12N2O. The first kappa shape index (κ1) is 9.77. The van der Waals surface area contributed by atoms with Gasteiger partial charge < -0.3 is 0 Å². The average molecular weight is 200 g/mol. The van der Waals surface area contributed by atoms with Crippen LogP contribution in [0, 0.1) is 6.92 Å². The Bertz CT molecular complexity index is 520. The van der Waals surface area contributed by atoms with Crippen molar-refractivity contribution in [2.45, 2.75) is 20.3 Å². The fourth-order valence-electron chi connectivity index (χ4n) is 1.58. The molecule has 0 saturated heterocycles. The molecule has 0 aliphatic rings. The SMILES string of the molecule is CC(=O)Cc1cc2ncccc2nc1C. The zero-order valence-electron chi connectivity index (χ0n) is 8.82. The van der Waals surface area contributed by atoms with Crippen molar-refractivity contribution in [1.29, 1.82) is 0 Å². The summed E-state index contributed by atoms with van der Waals surface area (Å²) in [5, 5.41) is 0. The first-order chi connectivity index (χ1) is 7.16. The third-order valence-corrected chi connectivity index (χ3v) is 2.32. The van der Waals surface area contributed by atoms with Gasteiger partial charge in [-0.3, -0.25) is 14.8 Å². The van der Waals surface area contributed by atoms with Crippen molar-refractivity contribution in [3.8, 4) is 0 Å². The molecule has 3 nitrogen and oxygen atoms in total. The fraction of sp³-hybridized carbons (Fsp3) is 0.250. The highest BCUT2D eigenvalue weighted by Gasteiger charge is 2.05. The van der Waals surface area contributed by atoms with Gasteiger partial charge in [-0.1, -0.05) is 0 Å². The van der Waals surface area contributed by atoms with Crippen LogP contribution >= 0.6 is 0 Å². The summed E-state index contributed by atoms with van der Waals surface area (Å²) < 4.78 is 0. The van der Waals surface area contributed by atoms with Crippen LogP contribution in [0.15, 0.2) is 24.4 Å². The average Bonchev–Trinajstić information content (AvgIpc) is 2.18. The third-order valence-electron chi connectivity index (χ3n) is 2.32. The van der Waals surface area contributed by atoms with Crippen LogP contribution in [0.3, 0.4) is 0 Å². The Labute approximate surface area is 88.2 Å². The molecule has 3 heteroatoms. The van der Waals surface area contributed by atoms with Crippen LogP contribution in [0.2, 0.25) is 0 Å². The van der Waals surface area contributed by atoms with E-state index in [4.69, 9.17) is 0 Å². The number of carbonyl (C=O) groups is 1. The normalized spacial score (nSPS) is 10.5. The van der Waals surface area contributed by atoms with Gasteiger partial charge >= 0.3 is 0 Å². The number of aromatic nitrogens is 2. The minimum absolute atomic E-state index is 0.148. The molecule has 15 heavy (non-hydrogen) atoms. The van der Waals surface area contributed by atoms with Crippen LogP contribution in [0.1, 0.15) is 18.2 Å². The Balaban J connectivity index is 2.56. The van der Waals surface area contributed by atoms with E-state index in [-0.39, 0.29) is 5.78 Å². The predicted octanol–water partition coefficient (Wildman–Crippen LogP) is 2.07. The lowest BCUT2D eigenvalue weighted by atomic mass is 10.1. The Morgan fingerprint density at radius 2 is 2.20 bits per heavy atom. The van der Waals surface area contributed by atoms with Gasteiger partial charge in [0.1, 0.15) is 5.78 Å². The summed E-state index contributed by atoms with van der Waals surface area (Å²) in [5.74, 6) is 0.148. The maximum Gasteiger partial charge on any atom is 0.134 e. The number of Topliss-reactive ketones (excluding diaryl/α,β-unsaturated/α-hetero) is 1. The highest BCUT2D eigenvalue weighted by atomic mass is 16.1. The smallest absolute Gasteiger partial charge is 0.134 e. The summed E-state index contributed by atoms with van der Waals surface area (Å²) in [7, 11) is 0. The maximum atomic E-state index is 11.1. The molecule has 0 fully saturated rings. The van der Waals surface area contributed by atoms with Gasteiger partial charge in [-0.2, -0.15) is 0 Å². The van der Waals surface area contributed by atoms with Crippen LogP contribution in [-0.2, 0) is 11.2 Å². The number of aryl methyl sites for hydroxylation is 1. The number of rotatable bonds is 2. The lowest BCUT2D eigenvalue weighted by Gasteiger charge is -2.04. The molecule has 0 atom stereocenters. The summed E-state index contributed by atoms with van der Waals surface area (Å²) in [4.78, 5) is 19.7. The number of ketones is 1. The first-order valence-corrected chi connectivity index (χ1v) is 4.87. The maximum absolute atomic E-state index is 11.1. The van der Waals surface area contributed by atoms with Gasteiger partial charge in [0.05, 0.1) is 11.0 Å². The van der Waals surface area contributed by atoms with E-state index in [1.165, 1.54) is 0 Å². The summed E-state index contributed by atoms with van der Waals surface area (Å²) in [6, 6.07) is 5.73. The van der Waals surface area contributed by atoms with E-state index < -0.39 is 0 Å². The molecule has 0 radical (unpaired) electrons. The molecule has 76 valence electrons. The van der Waals surface area contributed by atoms with Gasteiger partial charge in [0.2, 0.25) is 0 Å². The van der Waals surface area contributed by atoms with Crippen molar-refractivity contribution in [2.24, 2.45) is 0 Å². The highest BCUT2D eigenvalue weighted by Crippen LogP contribution is 2.14. The molecule has 2 aromatic rings. The van der Waals surface area contributed by atoms with Crippen molar-refractivity contribution in [3.63, 3.8) is 0 Å². The largest absolute Gasteiger partial charge is 0.300 e. The summed E-state index contributed by atoms with van der Waals surface area (Å²) in [5.41, 5.74) is 3.60. The molecule has 0 amide bonds. The van der Waals surface area contributed by atoms with Crippen molar-refractivity contribution < 1.29 is 4.79 Å². The zero-order chi connectivity index (χ0) is 10.8. The van der Waals surface area contributed by atoms with Crippen molar-refractivity contribution in [3.05, 3.63) is 35.7 Å². The highest BCUT2D eigenvalue weighted by molar-refractivity contribution is 5.81. The molecule has 0 unspecified atom stereocenters. The minimum Gasteiger partial charge on any atom is -0.300 e. The number of carbonyl (C=O) groups excluding carboxylic acids is 1. The molecule has 0 bridgehead atoms. The van der Waals surface area contributed by atoms with Crippen LogP contribution in [0.4, 0.5) is 0 Å². The molecular weight excluding hydrogens is 188 g/mol. The van der Waals surface area contributed by atoms with Gasteiger partial charge in [-0.25, -0.2) is 0 Å². The number of nitrogens with zero attached hydrogens (tertiary/aromatic N) is 2. The van der Waals surface area contributed by atoms with Crippen molar-refractivity contribution in [2.75, 3.05) is 0 Å². The Morgan fingerprint density at radius 3 is 2.93 bits per heavy atom. The standard InChI is InChI=1S/C12H12N2O/c1-8(15)6-10-7-12-11(14-9(10)2)4-3-5-13-12/h3-5,7H,6H2,1-2H3. The van der Waals surface area contributed by atoms with E-state index in [0.717, 1.165) is 22.3 Å². The van der Waals surface area contributed by atoms with E-state index in [1.54, 1.807) is 13.1 Å². The third kappa shape index (κ3) is 2.01. The summed E-state index contributed by atoms with van der Waals surface area (Å²) >= 11 is 0. The quantitative estimate of drug-likeness (QED) is 0.745. The van der Waals surface area contributed by atoms with Gasteiger partial charge in [-0.15, -0.1) is 0 Å². The minimum atomic E-state index is 0.148. The fourth-order valence-corrected chi connectivity index (χ4v) is 1.58. The van der Waals surface area contributed by atoms with Crippen molar-refractivity contribution >= 4 is 16.8 Å². The van der Waals surface area contributed by atoms with E-state index >= 15 is 0 Å². The molecule has 0 aliphatic heterocycles. The number of hydrogen-bond donors (Lipinski definition) is 0. The zero-order valence-corrected chi connectivity index (χ0v) is 8.82. The lowest BCUT2D eigenvalue weighted by Crippen LogP contribution is -2.01. The van der Waals surface area contributed by atoms with E-state index in [1.807, 2.05) is 25.1 Å². The first-order valence-electron chi connectivity index (χ1n) is 4.87. The molecule has 2 heterocycles. The molecule has 0 aliphatic carbocycles. The van der Waals surface area contributed by atoms with Gasteiger partial charge in [0.15, 0.2) is 0 Å². The second-order valence-corrected chi connectivity index (χ2v) is 3.65. The van der Waals surface area contributed by atoms with Crippen molar-refractivity contribution in [1.82, 2.24) is 9.97 Å². The number of pyridine rings is 2. The van der Waals surface area contributed by atoms with Gasteiger partial charge in [-0.05, 0) is 37.6 Å². The molecule has 0 N–H and O–H groups in total. The monoisotopic (exact) mass is 200 g/mol. The molecule has 0 aromatic carbocycles. The topological polar surface area (TPSA) is 42.9 Å². The molecule has 0 saturated carbocycles. The van der Waals surface area contributed by atoms with Crippen LogP contribution < -0.4 is 0 Å². The Morgan fingerprint density at radius 1 is 1.40 bits per heavy atom. The second-order valence-electron chi connectivity index (χ2n) is 3.65. The second kappa shape index (κ2) is 3.77. The van der Waals surface area contributed by atoms with Crippen LogP contribution in [0.5, 0.6) is 0 Å². The van der Waals surface area contributed by atoms with Gasteiger partial charge in [0.25, 0.3) is 0 Å². The van der Waals surface area contributed by atoms with E-state index in [9.17, 15) is 4.79 Å². The summed E-state index contributed by atoms with van der Waals surface area (Å²) in [6.45, 7) is 3.51. The lowest BCUT2D eigenvalue weighted by molar-refractivity contribution is -0.116. The Kier molecular flexibility index (Phi) is 2.46. The summed E-state index contributed by atoms with van der Waals surface area (Å²) in [6.07, 6.45) is 2.17. The van der Waals surface area contributed by atoms with Crippen LogP contribution in [0.25, 0.3) is 11.0 Å². The molecule has 2 aromatic heterocycles. The molecule has 0 spiro atoms. The number of fused-ring (bicyclic) bond motifs is 1.